The van der Waals surface area contributed by atoms with Crippen LogP contribution in [0.1, 0.15) is 101 Å². The third-order valence-corrected chi connectivity index (χ3v) is 12.7. The van der Waals surface area contributed by atoms with Crippen LogP contribution in [0.5, 0.6) is 0 Å². The largest absolute Gasteiger partial charge is 0.459 e. The van der Waals surface area contributed by atoms with Crippen molar-refractivity contribution < 1.29 is 32.3 Å². The standard InChI is InChI=1S/C42H51N5O7S/c1-5-28-10-14-30(15-11-28)31-18-20-32(21-19-31)34-22-44-40(45-23-34)33-16-12-29(13-17-33)25-46(27-39(50)54-42(2,3)4)38(49)24-43-37(48)26-47-41(51)35-8-6-7-9-36(35)55(47,52)53/h6-9,12-13,16-17,20,22-23,28,30-31H,5,10-11,14-15,18-19,21,24-27H2,1-4H3,(H,43,48)/t28-,30-,31?. The molecule has 292 valence electrons. The number of esters is 1. The summed E-state index contributed by atoms with van der Waals surface area (Å²) in [6.07, 6.45) is 16.4. The second-order valence-corrected chi connectivity index (χ2v) is 17.7. The number of nitrogens with zero attached hydrogens (tertiary/aromatic N) is 4. The topological polar surface area (TPSA) is 156 Å². The van der Waals surface area contributed by atoms with E-state index in [1.807, 2.05) is 36.7 Å². The Balaban J connectivity index is 1.06. The van der Waals surface area contributed by atoms with E-state index >= 15 is 0 Å². The number of rotatable bonds is 12. The van der Waals surface area contributed by atoms with Crippen molar-refractivity contribution in [3.05, 3.63) is 83.7 Å². The van der Waals surface area contributed by atoms with Gasteiger partial charge in [-0.05, 0) is 93.9 Å². The van der Waals surface area contributed by atoms with Crippen LogP contribution in [0.25, 0.3) is 17.0 Å². The number of ether oxygens (including phenoxy) is 1. The Labute approximate surface area is 323 Å². The summed E-state index contributed by atoms with van der Waals surface area (Å²) < 4.78 is 31.7. The Morgan fingerprint density at radius 1 is 0.927 bits per heavy atom. The summed E-state index contributed by atoms with van der Waals surface area (Å²) in [5, 5.41) is 2.40. The van der Waals surface area contributed by atoms with Crippen molar-refractivity contribution in [3.8, 4) is 11.4 Å². The van der Waals surface area contributed by atoms with Crippen LogP contribution in [0.15, 0.2) is 71.9 Å². The summed E-state index contributed by atoms with van der Waals surface area (Å²) in [5.41, 5.74) is 3.06. The molecule has 2 heterocycles. The summed E-state index contributed by atoms with van der Waals surface area (Å²) in [7, 11) is -4.20. The van der Waals surface area contributed by atoms with Gasteiger partial charge in [0, 0.05) is 30.1 Å². The fraction of sp³-hybridized carbons (Fsp3) is 0.476. The van der Waals surface area contributed by atoms with Crippen LogP contribution < -0.4 is 5.32 Å². The second-order valence-electron chi connectivity index (χ2n) is 15.9. The van der Waals surface area contributed by atoms with E-state index in [0.717, 1.165) is 41.7 Å². The lowest BCUT2D eigenvalue weighted by Crippen LogP contribution is -2.46. The van der Waals surface area contributed by atoms with Gasteiger partial charge >= 0.3 is 5.97 Å². The molecular formula is C42H51N5O7S. The highest BCUT2D eigenvalue weighted by Crippen LogP contribution is 2.41. The van der Waals surface area contributed by atoms with Crippen LogP contribution in [0, 0.1) is 17.8 Å². The average molecular weight is 770 g/mol. The summed E-state index contributed by atoms with van der Waals surface area (Å²) in [6, 6.07) is 13.1. The monoisotopic (exact) mass is 769 g/mol. The second kappa shape index (κ2) is 16.8. The summed E-state index contributed by atoms with van der Waals surface area (Å²) in [5.74, 6) is 0.220. The molecule has 2 aliphatic carbocycles. The molecule has 1 aliphatic heterocycles. The third kappa shape index (κ3) is 9.67. The number of fused-ring (bicyclic) bond motifs is 1. The predicted molar refractivity (Wildman–Crippen MR) is 207 cm³/mol. The summed E-state index contributed by atoms with van der Waals surface area (Å²) in [4.78, 5) is 62.2. The fourth-order valence-electron chi connectivity index (χ4n) is 7.86. The Bertz CT molecular complexity index is 2030. The van der Waals surface area contributed by atoms with Gasteiger partial charge in [-0.1, -0.05) is 68.7 Å². The molecule has 55 heavy (non-hydrogen) atoms. The maximum Gasteiger partial charge on any atom is 0.326 e. The zero-order chi connectivity index (χ0) is 39.3. The number of carbonyl (C=O) groups excluding carboxylic acids is 4. The van der Waals surface area contributed by atoms with E-state index in [1.165, 1.54) is 73.3 Å². The van der Waals surface area contributed by atoms with Gasteiger partial charge in [-0.3, -0.25) is 19.2 Å². The highest BCUT2D eigenvalue weighted by Gasteiger charge is 2.42. The molecule has 1 fully saturated rings. The number of hydrogen-bond donors (Lipinski definition) is 1. The first-order chi connectivity index (χ1) is 26.2. The number of hydrogen-bond acceptors (Lipinski definition) is 9. The molecule has 1 saturated carbocycles. The van der Waals surface area contributed by atoms with Crippen LogP contribution in [0.4, 0.5) is 0 Å². The van der Waals surface area contributed by atoms with Gasteiger partial charge in [0.15, 0.2) is 5.82 Å². The van der Waals surface area contributed by atoms with Gasteiger partial charge in [0.1, 0.15) is 23.6 Å². The lowest BCUT2D eigenvalue weighted by atomic mass is 9.71. The lowest BCUT2D eigenvalue weighted by Gasteiger charge is -2.35. The molecule has 0 bridgehead atoms. The molecular weight excluding hydrogens is 719 g/mol. The molecule has 1 N–H and O–H groups in total. The molecule has 3 aliphatic rings. The van der Waals surface area contributed by atoms with E-state index in [0.29, 0.717) is 15.7 Å². The van der Waals surface area contributed by atoms with Crippen LogP contribution in [-0.4, -0.2) is 76.5 Å². The van der Waals surface area contributed by atoms with Crippen molar-refractivity contribution in [3.63, 3.8) is 0 Å². The highest BCUT2D eigenvalue weighted by atomic mass is 32.2. The minimum absolute atomic E-state index is 0.0193. The third-order valence-electron chi connectivity index (χ3n) is 10.9. The molecule has 0 radical (unpaired) electrons. The zero-order valence-electron chi connectivity index (χ0n) is 32.1. The highest BCUT2D eigenvalue weighted by molar-refractivity contribution is 7.90. The quantitative estimate of drug-likeness (QED) is 0.213. The molecule has 12 nitrogen and oxygen atoms in total. The first-order valence-electron chi connectivity index (χ1n) is 19.2. The number of carbonyl (C=O) groups is 4. The van der Waals surface area contributed by atoms with Crippen LogP contribution in [-0.2, 0) is 35.7 Å². The van der Waals surface area contributed by atoms with Crippen molar-refractivity contribution in [1.82, 2.24) is 24.5 Å². The van der Waals surface area contributed by atoms with Crippen LogP contribution >= 0.6 is 0 Å². The van der Waals surface area contributed by atoms with Crippen molar-refractivity contribution in [2.75, 3.05) is 19.6 Å². The van der Waals surface area contributed by atoms with E-state index in [9.17, 15) is 27.6 Å². The Morgan fingerprint density at radius 3 is 2.24 bits per heavy atom. The molecule has 13 heteroatoms. The van der Waals surface area contributed by atoms with Gasteiger partial charge in [0.25, 0.3) is 15.9 Å². The van der Waals surface area contributed by atoms with Crippen molar-refractivity contribution in [2.24, 2.45) is 17.8 Å². The molecule has 0 spiro atoms. The van der Waals surface area contributed by atoms with Crippen molar-refractivity contribution >= 4 is 39.3 Å². The van der Waals surface area contributed by atoms with Gasteiger partial charge in [0.05, 0.1) is 12.1 Å². The van der Waals surface area contributed by atoms with Gasteiger partial charge in [-0.15, -0.1) is 0 Å². The summed E-state index contributed by atoms with van der Waals surface area (Å²) >= 11 is 0. The maximum absolute atomic E-state index is 13.4. The van der Waals surface area contributed by atoms with Crippen molar-refractivity contribution in [1.29, 1.82) is 0 Å². The van der Waals surface area contributed by atoms with E-state index in [2.05, 4.69) is 28.3 Å². The van der Waals surface area contributed by atoms with Gasteiger partial charge in [0.2, 0.25) is 11.8 Å². The number of nitrogens with one attached hydrogen (secondary N) is 1. The van der Waals surface area contributed by atoms with E-state index < -0.39 is 52.4 Å². The Hall–Kier alpha value is -4.91. The Morgan fingerprint density at radius 2 is 1.62 bits per heavy atom. The summed E-state index contributed by atoms with van der Waals surface area (Å²) in [6.45, 7) is 5.78. The smallest absolute Gasteiger partial charge is 0.326 e. The zero-order valence-corrected chi connectivity index (χ0v) is 32.9. The molecule has 0 saturated heterocycles. The number of sulfonamides is 1. The Kier molecular flexibility index (Phi) is 12.2. The van der Waals surface area contributed by atoms with Gasteiger partial charge in [-0.2, -0.15) is 0 Å². The van der Waals surface area contributed by atoms with E-state index in [4.69, 9.17) is 4.74 Å². The van der Waals surface area contributed by atoms with Crippen LogP contribution in [0.3, 0.4) is 0 Å². The number of aromatic nitrogens is 2. The predicted octanol–water partition coefficient (Wildman–Crippen LogP) is 6.17. The van der Waals surface area contributed by atoms with Crippen LogP contribution in [0.2, 0.25) is 0 Å². The fourth-order valence-corrected chi connectivity index (χ4v) is 9.38. The minimum Gasteiger partial charge on any atom is -0.459 e. The number of allylic oxidation sites excluding steroid dienone is 2. The maximum atomic E-state index is 13.4. The first-order valence-corrected chi connectivity index (χ1v) is 20.7. The number of benzene rings is 2. The molecule has 3 aromatic rings. The van der Waals surface area contributed by atoms with Gasteiger partial charge in [-0.25, -0.2) is 22.7 Å². The van der Waals surface area contributed by atoms with E-state index in [-0.39, 0.29) is 23.5 Å². The van der Waals surface area contributed by atoms with Gasteiger partial charge < -0.3 is 15.0 Å². The first kappa shape index (κ1) is 39.8. The molecule has 6 rings (SSSR count). The van der Waals surface area contributed by atoms with Crippen molar-refractivity contribution in [2.45, 2.75) is 96.1 Å². The normalized spacial score (nSPS) is 20.7. The molecule has 1 atom stereocenters. The minimum atomic E-state index is -4.20. The molecule has 1 aromatic heterocycles. The average Bonchev–Trinajstić information content (AvgIpc) is 3.36. The van der Waals surface area contributed by atoms with E-state index in [1.54, 1.807) is 20.8 Å². The number of amides is 3. The molecule has 1 unspecified atom stereocenters. The SMILES string of the molecule is CC[C@H]1CC[C@H](C2CC=C(c3cnc(-c4ccc(CN(CC(=O)OC(C)(C)C)C(=O)CNC(=O)CN5C(=O)c6ccccc6S5(=O)=O)cc4)nc3)CC2)CC1. The lowest BCUT2D eigenvalue weighted by molar-refractivity contribution is -0.159. The molecule has 3 amide bonds. The molecule has 2 aromatic carbocycles.